The number of para-hydroxylation sites is 1. The van der Waals surface area contributed by atoms with Crippen LogP contribution in [0.15, 0.2) is 58.5 Å². The van der Waals surface area contributed by atoms with Crippen molar-refractivity contribution in [1.29, 1.82) is 0 Å². The maximum atomic E-state index is 13.9. The number of fused-ring (bicyclic) bond motifs is 3. The number of hydrogen-bond acceptors (Lipinski definition) is 4. The fourth-order valence-corrected chi connectivity index (χ4v) is 3.94. The highest BCUT2D eigenvalue weighted by atomic mass is 32.2. The van der Waals surface area contributed by atoms with Gasteiger partial charge in [0.1, 0.15) is 5.82 Å². The predicted octanol–water partition coefficient (Wildman–Crippen LogP) is 3.89. The molecule has 0 saturated carbocycles. The number of benzene rings is 2. The Labute approximate surface area is 153 Å². The summed E-state index contributed by atoms with van der Waals surface area (Å²) in [4.78, 5) is 12.8. The van der Waals surface area contributed by atoms with E-state index in [4.69, 9.17) is 0 Å². The minimum Gasteiger partial charge on any atom is -0.276 e. The van der Waals surface area contributed by atoms with E-state index < -0.39 is 0 Å². The lowest BCUT2D eigenvalue weighted by molar-refractivity contribution is 0.617. The van der Waals surface area contributed by atoms with Gasteiger partial charge < -0.3 is 0 Å². The second kappa shape index (κ2) is 6.92. The third kappa shape index (κ3) is 2.78. The maximum Gasteiger partial charge on any atom is 0.262 e. The van der Waals surface area contributed by atoms with Gasteiger partial charge in [-0.15, -0.1) is 10.2 Å². The summed E-state index contributed by atoms with van der Waals surface area (Å²) in [5.41, 5.74) is 1.31. The summed E-state index contributed by atoms with van der Waals surface area (Å²) in [5.74, 6) is 0.725. The summed E-state index contributed by atoms with van der Waals surface area (Å²) in [6.45, 7) is 2.59. The average molecular weight is 368 g/mol. The quantitative estimate of drug-likeness (QED) is 0.502. The summed E-state index contributed by atoms with van der Waals surface area (Å²) >= 11 is 1.41. The SMILES string of the molecule is CCCn1c(=O)c2ccccc2n2c(SCc3ccccc3F)nnc12. The van der Waals surface area contributed by atoms with E-state index in [0.29, 0.717) is 34.2 Å². The van der Waals surface area contributed by atoms with Crippen molar-refractivity contribution >= 4 is 28.4 Å². The van der Waals surface area contributed by atoms with E-state index in [9.17, 15) is 9.18 Å². The van der Waals surface area contributed by atoms with E-state index in [-0.39, 0.29) is 11.4 Å². The predicted molar refractivity (Wildman–Crippen MR) is 101 cm³/mol. The van der Waals surface area contributed by atoms with Crippen molar-refractivity contribution in [3.05, 3.63) is 70.3 Å². The highest BCUT2D eigenvalue weighted by Crippen LogP contribution is 2.25. The Bertz CT molecular complexity index is 1150. The van der Waals surface area contributed by atoms with Gasteiger partial charge in [0.05, 0.1) is 10.9 Å². The molecule has 4 aromatic rings. The normalized spacial score (nSPS) is 11.5. The number of thioether (sulfide) groups is 1. The molecule has 0 unspecified atom stereocenters. The van der Waals surface area contributed by atoms with Gasteiger partial charge in [0.2, 0.25) is 5.78 Å². The molecular formula is C19H17FN4OS. The van der Waals surface area contributed by atoms with Crippen LogP contribution in [0.25, 0.3) is 16.7 Å². The Kier molecular flexibility index (Phi) is 4.46. The number of hydrogen-bond donors (Lipinski definition) is 0. The van der Waals surface area contributed by atoms with Crippen LogP contribution in [0.1, 0.15) is 18.9 Å². The first-order valence-electron chi connectivity index (χ1n) is 8.43. The van der Waals surface area contributed by atoms with Crippen LogP contribution in [0, 0.1) is 5.82 Å². The van der Waals surface area contributed by atoms with Crippen LogP contribution in [-0.2, 0) is 12.3 Å². The molecule has 0 amide bonds. The summed E-state index contributed by atoms with van der Waals surface area (Å²) in [6, 6.07) is 14.1. The Hall–Kier alpha value is -2.67. The summed E-state index contributed by atoms with van der Waals surface area (Å²) < 4.78 is 17.4. The first kappa shape index (κ1) is 16.8. The van der Waals surface area contributed by atoms with Gasteiger partial charge in [0.25, 0.3) is 5.56 Å². The summed E-state index contributed by atoms with van der Waals surface area (Å²) in [5, 5.41) is 9.78. The monoisotopic (exact) mass is 368 g/mol. The van der Waals surface area contributed by atoms with E-state index in [1.165, 1.54) is 17.8 Å². The van der Waals surface area contributed by atoms with Gasteiger partial charge in [0.15, 0.2) is 5.16 Å². The first-order chi connectivity index (χ1) is 12.7. The number of halogens is 1. The zero-order chi connectivity index (χ0) is 18.1. The standard InChI is InChI=1S/C19H17FN4OS/c1-2-11-23-17(25)14-8-4-6-10-16(14)24-18(23)21-22-19(24)26-12-13-7-3-5-9-15(13)20/h3-10H,2,11-12H2,1H3. The Morgan fingerprint density at radius 3 is 2.65 bits per heavy atom. The third-order valence-corrected chi connectivity index (χ3v) is 5.22. The van der Waals surface area contributed by atoms with Crippen LogP contribution in [-0.4, -0.2) is 19.2 Å². The second-order valence-corrected chi connectivity index (χ2v) is 6.91. The van der Waals surface area contributed by atoms with Gasteiger partial charge in [-0.25, -0.2) is 4.39 Å². The molecular weight excluding hydrogens is 351 g/mol. The third-order valence-electron chi connectivity index (χ3n) is 4.24. The topological polar surface area (TPSA) is 52.2 Å². The fraction of sp³-hybridized carbons (Fsp3) is 0.211. The van der Waals surface area contributed by atoms with Gasteiger partial charge in [-0.1, -0.05) is 49.0 Å². The average Bonchev–Trinajstić information content (AvgIpc) is 3.08. The van der Waals surface area contributed by atoms with Crippen molar-refractivity contribution in [3.63, 3.8) is 0 Å². The molecule has 26 heavy (non-hydrogen) atoms. The van der Waals surface area contributed by atoms with Crippen molar-refractivity contribution in [2.75, 3.05) is 0 Å². The highest BCUT2D eigenvalue weighted by Gasteiger charge is 2.16. The van der Waals surface area contributed by atoms with Gasteiger partial charge in [-0.05, 0) is 30.2 Å². The Morgan fingerprint density at radius 2 is 1.85 bits per heavy atom. The number of aryl methyl sites for hydroxylation is 1. The minimum absolute atomic E-state index is 0.0620. The van der Waals surface area contributed by atoms with Crippen molar-refractivity contribution in [2.24, 2.45) is 0 Å². The fourth-order valence-electron chi connectivity index (χ4n) is 3.01. The molecule has 0 aliphatic heterocycles. The van der Waals surface area contributed by atoms with E-state index in [1.54, 1.807) is 16.7 Å². The minimum atomic E-state index is -0.235. The van der Waals surface area contributed by atoms with Crippen LogP contribution < -0.4 is 5.56 Å². The molecule has 132 valence electrons. The van der Waals surface area contributed by atoms with Gasteiger partial charge in [-0.2, -0.15) is 0 Å². The molecule has 0 saturated heterocycles. The molecule has 0 N–H and O–H groups in total. The van der Waals surface area contributed by atoms with Crippen molar-refractivity contribution in [1.82, 2.24) is 19.2 Å². The molecule has 0 aliphatic rings. The lowest BCUT2D eigenvalue weighted by Crippen LogP contribution is -2.23. The van der Waals surface area contributed by atoms with Crippen LogP contribution >= 0.6 is 11.8 Å². The number of nitrogens with zero attached hydrogens (tertiary/aromatic N) is 4. The van der Waals surface area contributed by atoms with E-state index >= 15 is 0 Å². The van der Waals surface area contributed by atoms with Crippen molar-refractivity contribution in [2.45, 2.75) is 30.8 Å². The smallest absolute Gasteiger partial charge is 0.262 e. The van der Waals surface area contributed by atoms with Gasteiger partial charge in [0, 0.05) is 12.3 Å². The molecule has 0 spiro atoms. The molecule has 0 fully saturated rings. The molecule has 4 rings (SSSR count). The van der Waals surface area contributed by atoms with Crippen LogP contribution in [0.3, 0.4) is 0 Å². The highest BCUT2D eigenvalue weighted by molar-refractivity contribution is 7.98. The maximum absolute atomic E-state index is 13.9. The molecule has 2 heterocycles. The zero-order valence-electron chi connectivity index (χ0n) is 14.2. The molecule has 5 nitrogen and oxygen atoms in total. The van der Waals surface area contributed by atoms with Gasteiger partial charge in [-0.3, -0.25) is 13.8 Å². The number of aromatic nitrogens is 4. The van der Waals surface area contributed by atoms with Gasteiger partial charge >= 0.3 is 0 Å². The van der Waals surface area contributed by atoms with Crippen molar-refractivity contribution < 1.29 is 4.39 Å². The van der Waals surface area contributed by atoms with Crippen LogP contribution in [0.2, 0.25) is 0 Å². The Morgan fingerprint density at radius 1 is 1.08 bits per heavy atom. The lowest BCUT2D eigenvalue weighted by atomic mass is 10.2. The molecule has 2 aromatic heterocycles. The van der Waals surface area contributed by atoms with Crippen LogP contribution in [0.5, 0.6) is 0 Å². The molecule has 0 atom stereocenters. The van der Waals surface area contributed by atoms with E-state index in [1.807, 2.05) is 41.7 Å². The molecule has 0 bridgehead atoms. The lowest BCUT2D eigenvalue weighted by Gasteiger charge is -2.10. The summed E-state index contributed by atoms with van der Waals surface area (Å²) in [7, 11) is 0. The van der Waals surface area contributed by atoms with Crippen molar-refractivity contribution in [3.8, 4) is 0 Å². The molecule has 7 heteroatoms. The van der Waals surface area contributed by atoms with E-state index in [2.05, 4.69) is 10.2 Å². The van der Waals surface area contributed by atoms with Crippen LogP contribution in [0.4, 0.5) is 4.39 Å². The summed E-state index contributed by atoms with van der Waals surface area (Å²) in [6.07, 6.45) is 0.818. The Balaban J connectivity index is 1.86. The number of rotatable bonds is 5. The van der Waals surface area contributed by atoms with E-state index in [0.717, 1.165) is 11.9 Å². The second-order valence-electron chi connectivity index (χ2n) is 5.97. The molecule has 0 radical (unpaired) electrons. The first-order valence-corrected chi connectivity index (χ1v) is 9.42. The molecule has 0 aliphatic carbocycles. The largest absolute Gasteiger partial charge is 0.276 e. The molecule has 2 aromatic carbocycles. The zero-order valence-corrected chi connectivity index (χ0v) is 15.0.